The van der Waals surface area contributed by atoms with Crippen molar-refractivity contribution in [2.24, 2.45) is 7.05 Å². The second-order valence-electron chi connectivity index (χ2n) is 5.01. The number of hydrogen-bond acceptors (Lipinski definition) is 7. The fourth-order valence-corrected chi connectivity index (χ4v) is 2.36. The summed E-state index contributed by atoms with van der Waals surface area (Å²) >= 11 is 0. The Bertz CT molecular complexity index is 758. The monoisotopic (exact) mass is 334 g/mol. The van der Waals surface area contributed by atoms with E-state index in [4.69, 9.17) is 0 Å². The van der Waals surface area contributed by atoms with Crippen molar-refractivity contribution < 1.29 is 9.85 Å². The molecule has 10 nitrogen and oxygen atoms in total. The minimum Gasteiger partial charge on any atom is -0.378 e. The molecule has 0 saturated heterocycles. The van der Waals surface area contributed by atoms with Crippen LogP contribution in [0.25, 0.3) is 0 Å². The van der Waals surface area contributed by atoms with Crippen LogP contribution in [0.5, 0.6) is 0 Å². The van der Waals surface area contributed by atoms with Crippen molar-refractivity contribution in [2.45, 2.75) is 13.3 Å². The van der Waals surface area contributed by atoms with Crippen LogP contribution in [0.3, 0.4) is 0 Å². The number of nitro groups is 2. The highest BCUT2D eigenvalue weighted by Gasteiger charge is 2.25. The predicted octanol–water partition coefficient (Wildman–Crippen LogP) is 2.32. The number of benzene rings is 1. The van der Waals surface area contributed by atoms with E-state index < -0.39 is 9.85 Å². The topological polar surface area (TPSA) is 128 Å². The molecule has 2 aromatic rings. The van der Waals surface area contributed by atoms with E-state index in [2.05, 4.69) is 15.7 Å². The molecule has 0 spiro atoms. The predicted molar refractivity (Wildman–Crippen MR) is 89.3 cm³/mol. The number of para-hydroxylation sites is 2. The number of hydrogen-bond donors (Lipinski definition) is 2. The minimum atomic E-state index is -0.463. The molecule has 2 rings (SSSR count). The third kappa shape index (κ3) is 3.59. The first kappa shape index (κ1) is 17.2. The maximum Gasteiger partial charge on any atom is 0.333 e. The average molecular weight is 334 g/mol. The van der Waals surface area contributed by atoms with Gasteiger partial charge in [0.25, 0.3) is 5.69 Å². The smallest absolute Gasteiger partial charge is 0.333 e. The van der Waals surface area contributed by atoms with Crippen LogP contribution in [0.2, 0.25) is 0 Å². The van der Waals surface area contributed by atoms with Crippen molar-refractivity contribution in [1.82, 2.24) is 9.78 Å². The normalized spacial score (nSPS) is 10.4. The van der Waals surface area contributed by atoms with Crippen LogP contribution >= 0.6 is 0 Å². The number of anilines is 2. The van der Waals surface area contributed by atoms with Gasteiger partial charge < -0.3 is 10.6 Å². The molecule has 24 heavy (non-hydrogen) atoms. The lowest BCUT2D eigenvalue weighted by Gasteiger charge is -2.09. The van der Waals surface area contributed by atoms with Gasteiger partial charge in [-0.3, -0.25) is 20.2 Å². The summed E-state index contributed by atoms with van der Waals surface area (Å²) in [6, 6.07) is 6.31. The summed E-state index contributed by atoms with van der Waals surface area (Å²) in [5.41, 5.74) is 0.762. The Morgan fingerprint density at radius 3 is 2.42 bits per heavy atom. The Balaban J connectivity index is 2.02. The quantitative estimate of drug-likeness (QED) is 0.430. The second kappa shape index (κ2) is 7.40. The van der Waals surface area contributed by atoms with Gasteiger partial charge in [0.15, 0.2) is 0 Å². The number of nitrogens with one attached hydrogen (secondary N) is 2. The second-order valence-corrected chi connectivity index (χ2v) is 5.01. The number of aryl methyl sites for hydroxylation is 2. The summed E-state index contributed by atoms with van der Waals surface area (Å²) in [4.78, 5) is 21.2. The van der Waals surface area contributed by atoms with Gasteiger partial charge in [0.1, 0.15) is 11.4 Å². The zero-order valence-corrected chi connectivity index (χ0v) is 13.4. The Morgan fingerprint density at radius 2 is 1.79 bits per heavy atom. The summed E-state index contributed by atoms with van der Waals surface area (Å²) in [7, 11) is 1.63. The van der Waals surface area contributed by atoms with Gasteiger partial charge in [-0.25, -0.2) is 4.68 Å². The molecule has 0 radical (unpaired) electrons. The van der Waals surface area contributed by atoms with Gasteiger partial charge in [-0.2, -0.15) is 5.10 Å². The average Bonchev–Trinajstić information content (AvgIpc) is 2.88. The lowest BCUT2D eigenvalue weighted by Crippen LogP contribution is -2.16. The third-order valence-electron chi connectivity index (χ3n) is 3.44. The van der Waals surface area contributed by atoms with Gasteiger partial charge in [0.2, 0.25) is 5.82 Å². The standard InChI is InChI=1S/C14H18N6O4/c1-3-10-13(20(23)24)14(18(2)17-10)16-9-8-15-11-6-4-5-7-12(11)19(21)22/h4-7,15-16H,3,8-9H2,1-2H3. The number of nitro benzene ring substituents is 1. The first-order valence-corrected chi connectivity index (χ1v) is 7.37. The first-order chi connectivity index (χ1) is 11.5. The van der Waals surface area contributed by atoms with Crippen LogP contribution in [0.1, 0.15) is 12.6 Å². The molecule has 0 saturated carbocycles. The summed E-state index contributed by atoms with van der Waals surface area (Å²) < 4.78 is 1.43. The molecule has 1 aromatic heterocycles. The molecule has 0 unspecified atom stereocenters. The third-order valence-corrected chi connectivity index (χ3v) is 3.44. The van der Waals surface area contributed by atoms with Crippen LogP contribution < -0.4 is 10.6 Å². The van der Waals surface area contributed by atoms with E-state index in [-0.39, 0.29) is 11.4 Å². The van der Waals surface area contributed by atoms with Crippen LogP contribution in [-0.4, -0.2) is 32.7 Å². The van der Waals surface area contributed by atoms with E-state index in [1.807, 2.05) is 0 Å². The summed E-state index contributed by atoms with van der Waals surface area (Å²) in [5, 5.41) is 32.2. The van der Waals surface area contributed by atoms with E-state index in [0.29, 0.717) is 36.7 Å². The molecule has 10 heteroatoms. The zero-order chi connectivity index (χ0) is 17.7. The highest BCUT2D eigenvalue weighted by Crippen LogP contribution is 2.28. The van der Waals surface area contributed by atoms with E-state index >= 15 is 0 Å². The van der Waals surface area contributed by atoms with Gasteiger partial charge in [-0.15, -0.1) is 0 Å². The molecule has 0 fully saturated rings. The molecular formula is C14H18N6O4. The number of rotatable bonds is 8. The van der Waals surface area contributed by atoms with Crippen LogP contribution in [0.4, 0.5) is 22.9 Å². The summed E-state index contributed by atoms with van der Waals surface area (Å²) in [6.07, 6.45) is 0.459. The number of aromatic nitrogens is 2. The highest BCUT2D eigenvalue weighted by atomic mass is 16.6. The van der Waals surface area contributed by atoms with E-state index in [1.54, 1.807) is 32.2 Å². The molecule has 0 aliphatic rings. The Hall–Kier alpha value is -3.17. The fourth-order valence-electron chi connectivity index (χ4n) is 2.36. The molecular weight excluding hydrogens is 316 g/mol. The van der Waals surface area contributed by atoms with Gasteiger partial charge in [0, 0.05) is 26.2 Å². The molecule has 128 valence electrons. The summed E-state index contributed by atoms with van der Waals surface area (Å²) in [6.45, 7) is 2.50. The fraction of sp³-hybridized carbons (Fsp3) is 0.357. The minimum absolute atomic E-state index is 0.0164. The zero-order valence-electron chi connectivity index (χ0n) is 13.4. The molecule has 0 bridgehead atoms. The highest BCUT2D eigenvalue weighted by molar-refractivity contribution is 5.62. The van der Waals surface area contributed by atoms with Gasteiger partial charge in [-0.05, 0) is 12.5 Å². The van der Waals surface area contributed by atoms with E-state index in [1.165, 1.54) is 10.7 Å². The number of nitrogens with zero attached hydrogens (tertiary/aromatic N) is 4. The molecule has 0 aliphatic carbocycles. The van der Waals surface area contributed by atoms with Crippen molar-refractivity contribution in [3.8, 4) is 0 Å². The van der Waals surface area contributed by atoms with Gasteiger partial charge in [-0.1, -0.05) is 19.1 Å². The van der Waals surface area contributed by atoms with Crippen LogP contribution in [-0.2, 0) is 13.5 Å². The maximum absolute atomic E-state index is 11.2. The van der Waals surface area contributed by atoms with Gasteiger partial charge in [0.05, 0.1) is 9.85 Å². The molecule has 0 atom stereocenters. The maximum atomic E-state index is 11.2. The Kier molecular flexibility index (Phi) is 5.30. The lowest BCUT2D eigenvalue weighted by atomic mass is 10.2. The SMILES string of the molecule is CCc1nn(C)c(NCCNc2ccccc2[N+](=O)[O-])c1[N+](=O)[O-]. The van der Waals surface area contributed by atoms with E-state index in [0.717, 1.165) is 0 Å². The summed E-state index contributed by atoms with van der Waals surface area (Å²) in [5.74, 6) is 0.321. The van der Waals surface area contributed by atoms with Crippen LogP contribution in [0, 0.1) is 20.2 Å². The van der Waals surface area contributed by atoms with Crippen molar-refractivity contribution in [1.29, 1.82) is 0 Å². The Morgan fingerprint density at radius 1 is 1.12 bits per heavy atom. The van der Waals surface area contributed by atoms with Gasteiger partial charge >= 0.3 is 5.69 Å². The molecule has 0 aliphatic heterocycles. The van der Waals surface area contributed by atoms with Crippen molar-refractivity contribution >= 4 is 22.9 Å². The molecule has 0 amide bonds. The van der Waals surface area contributed by atoms with Crippen molar-refractivity contribution in [3.63, 3.8) is 0 Å². The van der Waals surface area contributed by atoms with Crippen molar-refractivity contribution in [2.75, 3.05) is 23.7 Å². The Labute approximate surface area is 137 Å². The van der Waals surface area contributed by atoms with Crippen molar-refractivity contribution in [3.05, 3.63) is 50.2 Å². The first-order valence-electron chi connectivity index (χ1n) is 7.37. The molecule has 2 N–H and O–H groups in total. The lowest BCUT2D eigenvalue weighted by molar-refractivity contribution is -0.384. The largest absolute Gasteiger partial charge is 0.378 e. The molecule has 1 heterocycles. The van der Waals surface area contributed by atoms with E-state index in [9.17, 15) is 20.2 Å². The molecule has 1 aromatic carbocycles. The van der Waals surface area contributed by atoms with Crippen LogP contribution in [0.15, 0.2) is 24.3 Å².